The Morgan fingerprint density at radius 1 is 1.61 bits per heavy atom. The predicted octanol–water partition coefficient (Wildman–Crippen LogP) is 1.69. The molecule has 1 aromatic rings. The van der Waals surface area contributed by atoms with Crippen molar-refractivity contribution in [1.29, 1.82) is 5.26 Å². The second-order valence-electron chi connectivity index (χ2n) is 4.19. The lowest BCUT2D eigenvalue weighted by Crippen LogP contribution is -2.43. The first-order valence-electron chi connectivity index (χ1n) is 5.66. The summed E-state index contributed by atoms with van der Waals surface area (Å²) in [6.07, 6.45) is 0. The number of ether oxygens (including phenoxy) is 1. The van der Waals surface area contributed by atoms with E-state index < -0.39 is 4.92 Å². The highest BCUT2D eigenvalue weighted by atomic mass is 16.6. The molecule has 0 aliphatic carbocycles. The molecule has 0 N–H and O–H groups in total. The van der Waals surface area contributed by atoms with Gasteiger partial charge in [0, 0.05) is 24.3 Å². The standard InChI is InChI=1S/C12H13N3O3/c1-9-8-18-5-4-14(9)11-3-2-10(7-13)12(6-11)15(16)17/h2-3,6,9H,4-5,8H2,1H3. The highest BCUT2D eigenvalue weighted by Crippen LogP contribution is 2.27. The van der Waals surface area contributed by atoms with Crippen molar-refractivity contribution in [1.82, 2.24) is 0 Å². The van der Waals surface area contributed by atoms with E-state index in [1.54, 1.807) is 6.07 Å². The second kappa shape index (κ2) is 5.02. The highest BCUT2D eigenvalue weighted by molar-refractivity contribution is 5.60. The van der Waals surface area contributed by atoms with Gasteiger partial charge in [-0.05, 0) is 19.1 Å². The fourth-order valence-corrected chi connectivity index (χ4v) is 2.06. The summed E-state index contributed by atoms with van der Waals surface area (Å²) >= 11 is 0. The molecule has 18 heavy (non-hydrogen) atoms. The van der Waals surface area contributed by atoms with Crippen molar-refractivity contribution >= 4 is 11.4 Å². The Bertz CT molecular complexity index is 510. The van der Waals surface area contributed by atoms with Gasteiger partial charge in [0.05, 0.1) is 18.1 Å². The van der Waals surface area contributed by atoms with Crippen LogP contribution in [0.2, 0.25) is 0 Å². The Kier molecular flexibility index (Phi) is 3.44. The van der Waals surface area contributed by atoms with Crippen molar-refractivity contribution in [3.05, 3.63) is 33.9 Å². The van der Waals surface area contributed by atoms with E-state index in [0.29, 0.717) is 19.8 Å². The van der Waals surface area contributed by atoms with E-state index in [1.165, 1.54) is 12.1 Å². The second-order valence-corrected chi connectivity index (χ2v) is 4.19. The van der Waals surface area contributed by atoms with E-state index in [4.69, 9.17) is 10.00 Å². The number of anilines is 1. The molecule has 1 heterocycles. The maximum absolute atomic E-state index is 10.9. The Hall–Kier alpha value is -2.13. The van der Waals surface area contributed by atoms with E-state index in [9.17, 15) is 10.1 Å². The van der Waals surface area contributed by atoms with Gasteiger partial charge in [-0.25, -0.2) is 0 Å². The van der Waals surface area contributed by atoms with Crippen molar-refractivity contribution in [3.63, 3.8) is 0 Å². The van der Waals surface area contributed by atoms with Gasteiger partial charge in [0.2, 0.25) is 0 Å². The van der Waals surface area contributed by atoms with Crippen LogP contribution in [0, 0.1) is 21.4 Å². The molecule has 1 atom stereocenters. The number of nitro benzene ring substituents is 1. The topological polar surface area (TPSA) is 79.4 Å². The van der Waals surface area contributed by atoms with Crippen molar-refractivity contribution in [2.75, 3.05) is 24.7 Å². The fourth-order valence-electron chi connectivity index (χ4n) is 2.06. The number of nitriles is 1. The molecule has 0 amide bonds. The maximum atomic E-state index is 10.9. The van der Waals surface area contributed by atoms with Crippen LogP contribution in [0.3, 0.4) is 0 Å². The molecule has 0 aromatic heterocycles. The lowest BCUT2D eigenvalue weighted by molar-refractivity contribution is -0.385. The van der Waals surface area contributed by atoms with E-state index in [1.807, 2.05) is 13.0 Å². The third-order valence-electron chi connectivity index (χ3n) is 3.00. The third kappa shape index (κ3) is 2.26. The average molecular weight is 247 g/mol. The van der Waals surface area contributed by atoms with Crippen molar-refractivity contribution in [2.45, 2.75) is 13.0 Å². The van der Waals surface area contributed by atoms with E-state index >= 15 is 0 Å². The Morgan fingerprint density at radius 3 is 3.00 bits per heavy atom. The van der Waals surface area contributed by atoms with Gasteiger partial charge < -0.3 is 9.64 Å². The first-order valence-corrected chi connectivity index (χ1v) is 5.66. The van der Waals surface area contributed by atoms with E-state index in [0.717, 1.165) is 5.69 Å². The van der Waals surface area contributed by atoms with Crippen LogP contribution < -0.4 is 4.90 Å². The van der Waals surface area contributed by atoms with Crippen molar-refractivity contribution < 1.29 is 9.66 Å². The van der Waals surface area contributed by atoms with Gasteiger partial charge in [-0.3, -0.25) is 10.1 Å². The summed E-state index contributed by atoms with van der Waals surface area (Å²) in [5, 5.41) is 19.7. The smallest absolute Gasteiger partial charge is 0.289 e. The summed E-state index contributed by atoms with van der Waals surface area (Å²) in [6.45, 7) is 3.92. The zero-order chi connectivity index (χ0) is 13.1. The fraction of sp³-hybridized carbons (Fsp3) is 0.417. The lowest BCUT2D eigenvalue weighted by Gasteiger charge is -2.35. The molecule has 0 saturated carbocycles. The minimum absolute atomic E-state index is 0.0877. The van der Waals surface area contributed by atoms with Crippen LogP contribution in [0.15, 0.2) is 18.2 Å². The number of rotatable bonds is 2. The minimum atomic E-state index is -0.521. The molecule has 1 fully saturated rings. The molecule has 1 saturated heterocycles. The maximum Gasteiger partial charge on any atom is 0.289 e. The summed E-state index contributed by atoms with van der Waals surface area (Å²) in [6, 6.07) is 6.70. The number of morpholine rings is 1. The van der Waals surface area contributed by atoms with Crippen LogP contribution in [0.1, 0.15) is 12.5 Å². The summed E-state index contributed by atoms with van der Waals surface area (Å²) < 4.78 is 5.33. The average Bonchev–Trinajstić information content (AvgIpc) is 2.38. The summed E-state index contributed by atoms with van der Waals surface area (Å²) in [4.78, 5) is 12.4. The van der Waals surface area contributed by atoms with Gasteiger partial charge >= 0.3 is 0 Å². The van der Waals surface area contributed by atoms with Gasteiger partial charge in [-0.15, -0.1) is 0 Å². The largest absolute Gasteiger partial charge is 0.377 e. The van der Waals surface area contributed by atoms with Gasteiger partial charge in [-0.1, -0.05) is 0 Å². The molecule has 0 bridgehead atoms. The monoisotopic (exact) mass is 247 g/mol. The Labute approximate surface area is 105 Å². The van der Waals surface area contributed by atoms with Gasteiger partial charge in [-0.2, -0.15) is 5.26 Å². The number of nitrogens with zero attached hydrogens (tertiary/aromatic N) is 3. The molecule has 1 unspecified atom stereocenters. The number of benzene rings is 1. The van der Waals surface area contributed by atoms with Crippen molar-refractivity contribution in [3.8, 4) is 6.07 Å². The summed E-state index contributed by atoms with van der Waals surface area (Å²) in [5.41, 5.74) is 0.704. The number of hydrogen-bond acceptors (Lipinski definition) is 5. The van der Waals surface area contributed by atoms with Crippen LogP contribution in [0.5, 0.6) is 0 Å². The molecule has 6 nitrogen and oxygen atoms in total. The molecule has 1 aliphatic rings. The van der Waals surface area contributed by atoms with Gasteiger partial charge in [0.25, 0.3) is 5.69 Å². The van der Waals surface area contributed by atoms with Crippen LogP contribution in [-0.4, -0.2) is 30.7 Å². The highest BCUT2D eigenvalue weighted by Gasteiger charge is 2.22. The van der Waals surface area contributed by atoms with Gasteiger partial charge in [0.15, 0.2) is 0 Å². The minimum Gasteiger partial charge on any atom is -0.377 e. The Morgan fingerprint density at radius 2 is 2.39 bits per heavy atom. The normalized spacial score (nSPS) is 19.3. The summed E-state index contributed by atoms with van der Waals surface area (Å²) in [7, 11) is 0. The molecular weight excluding hydrogens is 234 g/mol. The molecule has 1 aliphatic heterocycles. The quantitative estimate of drug-likeness (QED) is 0.587. The molecule has 2 rings (SSSR count). The molecule has 0 radical (unpaired) electrons. The van der Waals surface area contributed by atoms with E-state index in [2.05, 4.69) is 4.90 Å². The Balaban J connectivity index is 2.37. The van der Waals surface area contributed by atoms with Crippen molar-refractivity contribution in [2.24, 2.45) is 0 Å². The molecule has 94 valence electrons. The zero-order valence-electron chi connectivity index (χ0n) is 10.00. The van der Waals surface area contributed by atoms with Crippen LogP contribution >= 0.6 is 0 Å². The summed E-state index contributed by atoms with van der Waals surface area (Å²) in [5.74, 6) is 0. The molecule has 1 aromatic carbocycles. The third-order valence-corrected chi connectivity index (χ3v) is 3.00. The SMILES string of the molecule is CC1COCCN1c1ccc(C#N)c([N+](=O)[O-])c1. The lowest BCUT2D eigenvalue weighted by atomic mass is 10.1. The molecular formula is C12H13N3O3. The molecule has 6 heteroatoms. The first-order chi connectivity index (χ1) is 8.63. The van der Waals surface area contributed by atoms with E-state index in [-0.39, 0.29) is 17.3 Å². The van der Waals surface area contributed by atoms with Crippen LogP contribution in [0.4, 0.5) is 11.4 Å². The van der Waals surface area contributed by atoms with Gasteiger partial charge in [0.1, 0.15) is 11.6 Å². The number of hydrogen-bond donors (Lipinski definition) is 0. The number of nitro groups is 1. The zero-order valence-corrected chi connectivity index (χ0v) is 10.00. The first kappa shape index (κ1) is 12.3. The van der Waals surface area contributed by atoms with Crippen LogP contribution in [-0.2, 0) is 4.74 Å². The van der Waals surface area contributed by atoms with Crippen LogP contribution in [0.25, 0.3) is 0 Å². The predicted molar refractivity (Wildman–Crippen MR) is 65.4 cm³/mol. The molecule has 0 spiro atoms.